The SMILES string of the molecule is CCSc1cc(Br)cc(C)c1[N+](=O)[O-]. The van der Waals surface area contributed by atoms with Crippen molar-refractivity contribution in [3.63, 3.8) is 0 Å². The first-order valence-corrected chi connectivity index (χ1v) is 5.91. The summed E-state index contributed by atoms with van der Waals surface area (Å²) in [4.78, 5) is 11.2. The second kappa shape index (κ2) is 4.79. The summed E-state index contributed by atoms with van der Waals surface area (Å²) in [5, 5.41) is 10.8. The molecule has 0 aromatic heterocycles. The fraction of sp³-hybridized carbons (Fsp3) is 0.333. The summed E-state index contributed by atoms with van der Waals surface area (Å²) < 4.78 is 0.886. The van der Waals surface area contributed by atoms with Crippen LogP contribution in [0.1, 0.15) is 12.5 Å². The maximum absolute atomic E-state index is 10.8. The Morgan fingerprint density at radius 1 is 1.57 bits per heavy atom. The van der Waals surface area contributed by atoms with E-state index in [1.807, 2.05) is 6.92 Å². The number of thioether (sulfide) groups is 1. The number of hydrogen-bond acceptors (Lipinski definition) is 3. The Labute approximate surface area is 95.2 Å². The molecule has 76 valence electrons. The topological polar surface area (TPSA) is 43.1 Å². The number of nitro benzene ring substituents is 1. The average molecular weight is 276 g/mol. The van der Waals surface area contributed by atoms with Crippen molar-refractivity contribution in [1.29, 1.82) is 0 Å². The normalized spacial score (nSPS) is 10.2. The predicted octanol–water partition coefficient (Wildman–Crippen LogP) is 3.78. The van der Waals surface area contributed by atoms with Gasteiger partial charge in [-0.2, -0.15) is 0 Å². The quantitative estimate of drug-likeness (QED) is 0.479. The smallest absolute Gasteiger partial charge is 0.258 e. The molecule has 0 spiro atoms. The van der Waals surface area contributed by atoms with Crippen LogP contribution in [0.2, 0.25) is 0 Å². The zero-order valence-corrected chi connectivity index (χ0v) is 10.3. The molecule has 0 radical (unpaired) electrons. The first-order chi connectivity index (χ1) is 6.56. The summed E-state index contributed by atoms with van der Waals surface area (Å²) in [6.45, 7) is 3.73. The lowest BCUT2D eigenvalue weighted by atomic mass is 10.2. The van der Waals surface area contributed by atoms with E-state index in [4.69, 9.17) is 0 Å². The second-order valence-corrected chi connectivity index (χ2v) is 4.98. The van der Waals surface area contributed by atoms with Crippen LogP contribution in [0.5, 0.6) is 0 Å². The zero-order chi connectivity index (χ0) is 10.7. The maximum Gasteiger partial charge on any atom is 0.285 e. The van der Waals surface area contributed by atoms with Gasteiger partial charge >= 0.3 is 0 Å². The minimum absolute atomic E-state index is 0.222. The minimum Gasteiger partial charge on any atom is -0.258 e. The Bertz CT molecular complexity index is 368. The molecule has 1 aromatic rings. The molecule has 14 heavy (non-hydrogen) atoms. The molecular weight excluding hydrogens is 266 g/mol. The molecule has 0 amide bonds. The Morgan fingerprint density at radius 3 is 2.71 bits per heavy atom. The number of aryl methyl sites for hydroxylation is 1. The van der Waals surface area contributed by atoms with Crippen LogP contribution < -0.4 is 0 Å². The van der Waals surface area contributed by atoms with Crippen LogP contribution in [0, 0.1) is 17.0 Å². The molecule has 0 unspecified atom stereocenters. The van der Waals surface area contributed by atoms with Crippen LogP contribution in [0.15, 0.2) is 21.5 Å². The lowest BCUT2D eigenvalue weighted by Crippen LogP contribution is -1.94. The van der Waals surface area contributed by atoms with Gasteiger partial charge in [0.05, 0.1) is 9.82 Å². The van der Waals surface area contributed by atoms with Gasteiger partial charge in [0.1, 0.15) is 0 Å². The van der Waals surface area contributed by atoms with E-state index in [2.05, 4.69) is 15.9 Å². The van der Waals surface area contributed by atoms with Gasteiger partial charge < -0.3 is 0 Å². The van der Waals surface area contributed by atoms with E-state index >= 15 is 0 Å². The van der Waals surface area contributed by atoms with Crippen molar-refractivity contribution in [3.8, 4) is 0 Å². The van der Waals surface area contributed by atoms with E-state index in [0.717, 1.165) is 15.1 Å². The van der Waals surface area contributed by atoms with Crippen LogP contribution in [-0.4, -0.2) is 10.7 Å². The van der Waals surface area contributed by atoms with Gasteiger partial charge in [0.2, 0.25) is 0 Å². The molecule has 0 heterocycles. The van der Waals surface area contributed by atoms with Gasteiger partial charge in [-0.05, 0) is 24.8 Å². The van der Waals surface area contributed by atoms with E-state index in [1.54, 1.807) is 19.1 Å². The summed E-state index contributed by atoms with van der Waals surface area (Å²) in [6, 6.07) is 3.55. The number of hydrogen-bond donors (Lipinski definition) is 0. The third-order valence-electron chi connectivity index (χ3n) is 1.71. The van der Waals surface area contributed by atoms with Crippen LogP contribution in [0.25, 0.3) is 0 Å². The third kappa shape index (κ3) is 2.48. The van der Waals surface area contributed by atoms with Crippen molar-refractivity contribution < 1.29 is 4.92 Å². The van der Waals surface area contributed by atoms with Crippen molar-refractivity contribution in [2.45, 2.75) is 18.7 Å². The zero-order valence-electron chi connectivity index (χ0n) is 7.91. The fourth-order valence-corrected chi connectivity index (χ4v) is 2.82. The van der Waals surface area contributed by atoms with Crippen molar-refractivity contribution >= 4 is 33.4 Å². The van der Waals surface area contributed by atoms with Gasteiger partial charge in [-0.1, -0.05) is 22.9 Å². The number of nitrogens with zero attached hydrogens (tertiary/aromatic N) is 1. The summed E-state index contributed by atoms with van der Waals surface area (Å²) in [7, 11) is 0. The van der Waals surface area contributed by atoms with E-state index in [9.17, 15) is 10.1 Å². The van der Waals surface area contributed by atoms with Gasteiger partial charge in [-0.3, -0.25) is 10.1 Å². The monoisotopic (exact) mass is 275 g/mol. The molecule has 1 rings (SSSR count). The lowest BCUT2D eigenvalue weighted by molar-refractivity contribution is -0.388. The largest absolute Gasteiger partial charge is 0.285 e. The van der Waals surface area contributed by atoms with Crippen molar-refractivity contribution in [2.24, 2.45) is 0 Å². The molecule has 0 aliphatic rings. The number of rotatable bonds is 3. The van der Waals surface area contributed by atoms with E-state index in [0.29, 0.717) is 5.56 Å². The number of halogens is 1. The second-order valence-electron chi connectivity index (χ2n) is 2.76. The predicted molar refractivity (Wildman–Crippen MR) is 61.9 cm³/mol. The van der Waals surface area contributed by atoms with Gasteiger partial charge in [0, 0.05) is 10.0 Å². The summed E-state index contributed by atoms with van der Waals surface area (Å²) >= 11 is 4.82. The lowest BCUT2D eigenvalue weighted by Gasteiger charge is -2.04. The maximum atomic E-state index is 10.8. The molecule has 1 aromatic carbocycles. The molecule has 0 atom stereocenters. The number of benzene rings is 1. The molecule has 5 heteroatoms. The molecule has 3 nitrogen and oxygen atoms in total. The van der Waals surface area contributed by atoms with Crippen LogP contribution in [-0.2, 0) is 0 Å². The van der Waals surface area contributed by atoms with Gasteiger partial charge in [-0.25, -0.2) is 0 Å². The highest BCUT2D eigenvalue weighted by molar-refractivity contribution is 9.10. The van der Waals surface area contributed by atoms with E-state index in [-0.39, 0.29) is 10.6 Å². The summed E-state index contributed by atoms with van der Waals surface area (Å²) in [5.41, 5.74) is 0.917. The van der Waals surface area contributed by atoms with Crippen LogP contribution in [0.3, 0.4) is 0 Å². The fourth-order valence-electron chi connectivity index (χ4n) is 1.20. The highest BCUT2D eigenvalue weighted by atomic mass is 79.9. The van der Waals surface area contributed by atoms with Crippen molar-refractivity contribution in [2.75, 3.05) is 5.75 Å². The van der Waals surface area contributed by atoms with Crippen LogP contribution >= 0.6 is 27.7 Å². The Balaban J connectivity index is 3.28. The molecule has 0 fully saturated rings. The Morgan fingerprint density at radius 2 is 2.21 bits per heavy atom. The average Bonchev–Trinajstić information content (AvgIpc) is 2.01. The number of nitro groups is 1. The molecule has 0 aliphatic carbocycles. The minimum atomic E-state index is -0.320. The molecule has 0 aliphatic heterocycles. The standard InChI is InChI=1S/C9H10BrNO2S/c1-3-14-8-5-7(10)4-6(2)9(8)11(12)13/h4-5H,3H2,1-2H3. The highest BCUT2D eigenvalue weighted by Crippen LogP contribution is 2.34. The Kier molecular flexibility index (Phi) is 3.95. The molecular formula is C9H10BrNO2S. The third-order valence-corrected chi connectivity index (χ3v) is 3.08. The first-order valence-electron chi connectivity index (χ1n) is 4.13. The van der Waals surface area contributed by atoms with E-state index in [1.165, 1.54) is 11.8 Å². The highest BCUT2D eigenvalue weighted by Gasteiger charge is 2.17. The van der Waals surface area contributed by atoms with Gasteiger partial charge in [0.25, 0.3) is 5.69 Å². The summed E-state index contributed by atoms with van der Waals surface area (Å²) in [5.74, 6) is 0.830. The van der Waals surface area contributed by atoms with E-state index < -0.39 is 0 Å². The summed E-state index contributed by atoms with van der Waals surface area (Å²) in [6.07, 6.45) is 0. The van der Waals surface area contributed by atoms with Gasteiger partial charge in [0.15, 0.2) is 0 Å². The molecule has 0 N–H and O–H groups in total. The molecule has 0 saturated carbocycles. The van der Waals surface area contributed by atoms with Crippen LogP contribution in [0.4, 0.5) is 5.69 Å². The first kappa shape index (κ1) is 11.5. The van der Waals surface area contributed by atoms with Gasteiger partial charge in [-0.15, -0.1) is 11.8 Å². The molecule has 0 bridgehead atoms. The Hall–Kier alpha value is -0.550. The molecule has 0 saturated heterocycles. The van der Waals surface area contributed by atoms with Crippen molar-refractivity contribution in [3.05, 3.63) is 32.3 Å². The van der Waals surface area contributed by atoms with Crippen molar-refractivity contribution in [1.82, 2.24) is 0 Å².